The van der Waals surface area contributed by atoms with Crippen molar-refractivity contribution in [2.24, 2.45) is 9.98 Å². The predicted octanol–water partition coefficient (Wildman–Crippen LogP) is 17.7. The summed E-state index contributed by atoms with van der Waals surface area (Å²) in [5.41, 5.74) is 16.8. The number of nitrogens with zero attached hydrogens (tertiary/aromatic N) is 4. The van der Waals surface area contributed by atoms with Gasteiger partial charge in [0.25, 0.3) is 0 Å². The van der Waals surface area contributed by atoms with Gasteiger partial charge in [0, 0.05) is 64.1 Å². The van der Waals surface area contributed by atoms with Gasteiger partial charge in [-0.05, 0) is 100 Å². The van der Waals surface area contributed by atoms with Crippen molar-refractivity contribution < 1.29 is 0 Å². The Hall–Kier alpha value is -9.62. The number of rotatable bonds is 8. The molecule has 5 nitrogen and oxygen atoms in total. The smallest absolute Gasteiger partial charge is 0.159 e. The minimum absolute atomic E-state index is 0.488. The van der Waals surface area contributed by atoms with Gasteiger partial charge in [-0.15, -0.1) is 11.3 Å². The number of hydrogen-bond donors (Lipinski definition) is 1. The van der Waals surface area contributed by atoms with Gasteiger partial charge in [-0.3, -0.25) is 0 Å². The minimum Gasteiger partial charge on any atom is -0.344 e. The molecule has 0 amide bonds. The fraction of sp³-hybridized carbons (Fsp3) is 0.0145. The molecule has 1 unspecified atom stereocenters. The third-order valence-electron chi connectivity index (χ3n) is 15.0. The van der Waals surface area contributed by atoms with Crippen LogP contribution in [0.3, 0.4) is 0 Å². The van der Waals surface area contributed by atoms with Crippen LogP contribution in [0.4, 0.5) is 0 Å². The highest BCUT2D eigenvalue weighted by Crippen LogP contribution is 2.46. The molecule has 352 valence electrons. The van der Waals surface area contributed by atoms with Gasteiger partial charge in [-0.2, -0.15) is 0 Å². The van der Waals surface area contributed by atoms with Gasteiger partial charge < -0.3 is 14.5 Å². The van der Waals surface area contributed by atoms with Crippen LogP contribution >= 0.6 is 11.3 Å². The molecular weight excluding hydrogens is 931 g/mol. The topological polar surface area (TPSA) is 46.6 Å². The van der Waals surface area contributed by atoms with Gasteiger partial charge in [-0.25, -0.2) is 9.98 Å². The van der Waals surface area contributed by atoms with Gasteiger partial charge in [0.05, 0.1) is 27.8 Å². The zero-order chi connectivity index (χ0) is 49.4. The molecule has 4 heterocycles. The van der Waals surface area contributed by atoms with Crippen molar-refractivity contribution in [1.29, 1.82) is 0 Å². The van der Waals surface area contributed by atoms with Crippen molar-refractivity contribution in [3.8, 4) is 44.8 Å². The maximum Gasteiger partial charge on any atom is 0.159 e. The average Bonchev–Trinajstić information content (AvgIpc) is 4.17. The molecule has 0 radical (unpaired) electrons. The first kappa shape index (κ1) is 43.0. The predicted molar refractivity (Wildman–Crippen MR) is 316 cm³/mol. The lowest BCUT2D eigenvalue weighted by atomic mass is 9.95. The molecule has 0 bridgehead atoms. The van der Waals surface area contributed by atoms with Gasteiger partial charge in [0.1, 0.15) is 12.0 Å². The van der Waals surface area contributed by atoms with E-state index in [1.165, 1.54) is 75.0 Å². The lowest BCUT2D eigenvalue weighted by molar-refractivity contribution is 0.671. The number of benzene rings is 11. The minimum atomic E-state index is -0.488. The Kier molecular flexibility index (Phi) is 10.1. The first-order valence-electron chi connectivity index (χ1n) is 25.5. The molecule has 1 aliphatic rings. The molecule has 6 heteroatoms. The van der Waals surface area contributed by atoms with E-state index in [-0.39, 0.29) is 0 Å². The van der Waals surface area contributed by atoms with Crippen molar-refractivity contribution in [1.82, 2.24) is 14.5 Å². The molecule has 0 spiro atoms. The van der Waals surface area contributed by atoms with Crippen LogP contribution in [0.25, 0.3) is 109 Å². The van der Waals surface area contributed by atoms with E-state index in [4.69, 9.17) is 9.98 Å². The molecule has 75 heavy (non-hydrogen) atoms. The summed E-state index contributed by atoms with van der Waals surface area (Å²) < 4.78 is 7.41. The molecule has 0 saturated carbocycles. The molecule has 14 aromatic rings. The van der Waals surface area contributed by atoms with Crippen LogP contribution in [0.5, 0.6) is 0 Å². The summed E-state index contributed by atoms with van der Waals surface area (Å²) in [6.07, 6.45) is -0.488. The van der Waals surface area contributed by atoms with Crippen LogP contribution in [-0.4, -0.2) is 20.8 Å². The average molecular weight is 976 g/mol. The molecule has 0 fully saturated rings. The summed E-state index contributed by atoms with van der Waals surface area (Å²) in [6.45, 7) is 0. The van der Waals surface area contributed by atoms with Crippen molar-refractivity contribution >= 4 is 86.8 Å². The van der Waals surface area contributed by atoms with Gasteiger partial charge >= 0.3 is 0 Å². The monoisotopic (exact) mass is 975 g/mol. The Morgan fingerprint density at radius 2 is 0.907 bits per heavy atom. The number of hydrogen-bond acceptors (Lipinski definition) is 4. The molecule has 15 rings (SSSR count). The fourth-order valence-corrected chi connectivity index (χ4v) is 12.7. The SMILES string of the molecule is c1ccc(-c2ccc(C3=NC(c4ccccc4-n4c5cc(-c6ccccc6)ccc5c5c(-c6cccc7c6c6ccccc6n7-c6ccccc6)cccc54)NC(c4ccc5sc6ccccc6c5c4)=N3)cc2)cc1. The Morgan fingerprint density at radius 1 is 0.360 bits per heavy atom. The Labute approximate surface area is 437 Å². The fourth-order valence-electron chi connectivity index (χ4n) is 11.6. The van der Waals surface area contributed by atoms with E-state index in [1.807, 2.05) is 11.3 Å². The van der Waals surface area contributed by atoms with Crippen LogP contribution in [0.15, 0.2) is 271 Å². The van der Waals surface area contributed by atoms with E-state index < -0.39 is 6.17 Å². The number of thiophene rings is 1. The number of para-hydroxylation sites is 3. The largest absolute Gasteiger partial charge is 0.344 e. The van der Waals surface area contributed by atoms with Crippen LogP contribution in [0.1, 0.15) is 22.9 Å². The van der Waals surface area contributed by atoms with Gasteiger partial charge in [0.15, 0.2) is 5.84 Å². The third kappa shape index (κ3) is 7.14. The summed E-state index contributed by atoms with van der Waals surface area (Å²) in [5.74, 6) is 1.46. The second-order valence-electron chi connectivity index (χ2n) is 19.3. The normalized spacial score (nSPS) is 13.7. The molecular formula is C69H45N5S. The first-order valence-corrected chi connectivity index (χ1v) is 26.3. The van der Waals surface area contributed by atoms with Crippen molar-refractivity contribution in [3.05, 3.63) is 278 Å². The summed E-state index contributed by atoms with van der Waals surface area (Å²) in [4.78, 5) is 10.9. The standard InChI is InChI=1S/C69H45N5S/c1-4-18-44(19-5-1)46-34-36-47(37-35-46)67-70-68(49-39-41-64-57(42-49)51-24-12-15-33-63(51)75-64)72-69(71-67)56-26-11-14-30-59(56)74-61-32-17-28-53(66(61)55-40-38-48(43-62(55)74)45-20-6-2-7-21-45)52-27-16-31-60-65(52)54-25-10-13-29-58(54)73(60)50-22-8-3-9-23-50/h1-43,69H,(H,70,71,72). The summed E-state index contributed by atoms with van der Waals surface area (Å²) in [5, 5.41) is 11.2. The molecule has 1 atom stereocenters. The lowest BCUT2D eigenvalue weighted by Crippen LogP contribution is -2.34. The third-order valence-corrected chi connectivity index (χ3v) is 16.2. The Morgan fingerprint density at radius 3 is 1.67 bits per heavy atom. The summed E-state index contributed by atoms with van der Waals surface area (Å²) in [6, 6.07) is 94.2. The number of aromatic nitrogens is 2. The van der Waals surface area contributed by atoms with Crippen LogP contribution in [-0.2, 0) is 0 Å². The maximum atomic E-state index is 5.56. The molecule has 3 aromatic heterocycles. The second-order valence-corrected chi connectivity index (χ2v) is 20.4. The van der Waals surface area contributed by atoms with E-state index in [0.717, 1.165) is 56.1 Å². The Balaban J connectivity index is 0.948. The number of nitrogens with one attached hydrogen (secondary N) is 1. The summed E-state index contributed by atoms with van der Waals surface area (Å²) >= 11 is 1.83. The van der Waals surface area contributed by atoms with Crippen molar-refractivity contribution in [2.45, 2.75) is 6.17 Å². The van der Waals surface area contributed by atoms with E-state index in [1.54, 1.807) is 0 Å². The highest BCUT2D eigenvalue weighted by Gasteiger charge is 2.27. The highest BCUT2D eigenvalue weighted by molar-refractivity contribution is 7.25. The molecule has 11 aromatic carbocycles. The number of aliphatic imine (C=N–C) groups is 2. The molecule has 1 aliphatic heterocycles. The maximum absolute atomic E-state index is 5.56. The molecule has 1 N–H and O–H groups in total. The second kappa shape index (κ2) is 17.6. The quantitative estimate of drug-likeness (QED) is 0.162. The van der Waals surface area contributed by atoms with Gasteiger partial charge in [-0.1, -0.05) is 194 Å². The van der Waals surface area contributed by atoms with Crippen LogP contribution in [0, 0.1) is 0 Å². The zero-order valence-corrected chi connectivity index (χ0v) is 41.4. The number of fused-ring (bicyclic) bond motifs is 9. The van der Waals surface area contributed by atoms with E-state index in [2.05, 4.69) is 275 Å². The first-order chi connectivity index (χ1) is 37.2. The van der Waals surface area contributed by atoms with Gasteiger partial charge in [0.2, 0.25) is 0 Å². The van der Waals surface area contributed by atoms with Crippen molar-refractivity contribution in [3.63, 3.8) is 0 Å². The highest BCUT2D eigenvalue weighted by atomic mass is 32.1. The van der Waals surface area contributed by atoms with Crippen LogP contribution < -0.4 is 5.32 Å². The lowest BCUT2D eigenvalue weighted by Gasteiger charge is -2.26. The Bertz CT molecular complexity index is 4600. The molecule has 0 saturated heterocycles. The van der Waals surface area contributed by atoms with E-state index in [9.17, 15) is 0 Å². The van der Waals surface area contributed by atoms with Crippen molar-refractivity contribution in [2.75, 3.05) is 0 Å². The van der Waals surface area contributed by atoms with E-state index in [0.29, 0.717) is 5.84 Å². The molecule has 0 aliphatic carbocycles. The van der Waals surface area contributed by atoms with E-state index >= 15 is 0 Å². The van der Waals surface area contributed by atoms with Crippen LogP contribution in [0.2, 0.25) is 0 Å². The zero-order valence-electron chi connectivity index (χ0n) is 40.6. The number of amidine groups is 2. The summed E-state index contributed by atoms with van der Waals surface area (Å²) in [7, 11) is 0.